The van der Waals surface area contributed by atoms with Gasteiger partial charge in [0, 0.05) is 29.2 Å². The van der Waals surface area contributed by atoms with Crippen molar-refractivity contribution < 1.29 is 14.4 Å². The van der Waals surface area contributed by atoms with Gasteiger partial charge in [-0.2, -0.15) is 0 Å². The summed E-state index contributed by atoms with van der Waals surface area (Å²) in [6.07, 6.45) is 6.25. The van der Waals surface area contributed by atoms with Crippen LogP contribution in [-0.4, -0.2) is 22.6 Å². The zero-order chi connectivity index (χ0) is 20.4. The average molecular weight is 393 g/mol. The molecule has 2 aromatic carbocycles. The van der Waals surface area contributed by atoms with Gasteiger partial charge in [-0.05, 0) is 78.8 Å². The second-order valence-electron chi connectivity index (χ2n) is 7.52. The Bertz CT molecular complexity index is 1090. The maximum Gasteiger partial charge on any atom is 0.267 e. The zero-order valence-corrected chi connectivity index (χ0v) is 16.3. The minimum atomic E-state index is -0.525. The minimum Gasteiger partial charge on any atom is -0.361 e. The summed E-state index contributed by atoms with van der Waals surface area (Å²) < 4.78 is 13.3. The Balaban J connectivity index is 1.41. The van der Waals surface area contributed by atoms with E-state index in [-0.39, 0.29) is 5.82 Å². The average Bonchev–Trinajstić information content (AvgIpc) is 3.31. The van der Waals surface area contributed by atoms with Gasteiger partial charge >= 0.3 is 0 Å². The van der Waals surface area contributed by atoms with E-state index in [0.717, 1.165) is 47.8 Å². The number of carbonyl (C=O) groups excluding carboxylic acids is 1. The van der Waals surface area contributed by atoms with Crippen molar-refractivity contribution in [3.8, 4) is 0 Å². The van der Waals surface area contributed by atoms with Gasteiger partial charge in [-0.1, -0.05) is 18.2 Å². The second kappa shape index (κ2) is 8.19. The van der Waals surface area contributed by atoms with Crippen molar-refractivity contribution in [2.45, 2.75) is 32.2 Å². The van der Waals surface area contributed by atoms with Crippen molar-refractivity contribution in [3.63, 3.8) is 0 Å². The first-order chi connectivity index (χ1) is 14.0. The fourth-order valence-corrected chi connectivity index (χ4v) is 4.13. The molecule has 6 heteroatoms. The molecule has 1 heterocycles. The molecular formula is C23H24FN3O2. The van der Waals surface area contributed by atoms with Crippen LogP contribution in [0.25, 0.3) is 16.5 Å². The SMILES string of the molecule is C/C(=C/C(=O)NO)c1ccc2c(c1)CCC2NCCc1c[nH]c2cc(F)ccc12. The molecule has 150 valence electrons. The first-order valence-electron chi connectivity index (χ1n) is 9.79. The van der Waals surface area contributed by atoms with Crippen LogP contribution in [0.15, 0.2) is 48.7 Å². The fourth-order valence-electron chi connectivity index (χ4n) is 4.13. The molecule has 0 saturated carbocycles. The standard InChI is InChI=1S/C23H24FN3O2/c1-14(10-23(28)27-29)15-2-5-19-16(11-15)3-7-21(19)25-9-8-17-13-26-22-12-18(24)4-6-20(17)22/h2,4-6,10-13,21,25-26,29H,3,7-9H2,1H3,(H,27,28)/b14-10-. The van der Waals surface area contributed by atoms with Crippen LogP contribution in [0.4, 0.5) is 4.39 Å². The number of amides is 1. The van der Waals surface area contributed by atoms with E-state index in [1.807, 2.05) is 25.3 Å². The van der Waals surface area contributed by atoms with E-state index in [1.54, 1.807) is 5.48 Å². The van der Waals surface area contributed by atoms with Crippen LogP contribution >= 0.6 is 0 Å². The number of aryl methyl sites for hydroxylation is 1. The second-order valence-corrected chi connectivity index (χ2v) is 7.52. The predicted octanol–water partition coefficient (Wildman–Crippen LogP) is 4.04. The normalized spacial score (nSPS) is 16.2. The highest BCUT2D eigenvalue weighted by Crippen LogP contribution is 2.33. The summed E-state index contributed by atoms with van der Waals surface area (Å²) in [5.41, 5.74) is 8.03. The molecule has 0 fully saturated rings. The Labute approximate surface area is 168 Å². The quantitative estimate of drug-likeness (QED) is 0.290. The molecule has 0 bridgehead atoms. The lowest BCUT2D eigenvalue weighted by Crippen LogP contribution is -2.21. The Hall–Kier alpha value is -2.96. The van der Waals surface area contributed by atoms with Crippen molar-refractivity contribution in [2.24, 2.45) is 0 Å². The number of aromatic nitrogens is 1. The number of halogens is 1. The zero-order valence-electron chi connectivity index (χ0n) is 16.3. The predicted molar refractivity (Wildman–Crippen MR) is 111 cm³/mol. The number of H-pyrrole nitrogens is 1. The number of benzene rings is 2. The fraction of sp³-hybridized carbons (Fsp3) is 0.261. The molecule has 0 radical (unpaired) electrons. The smallest absolute Gasteiger partial charge is 0.267 e. The van der Waals surface area contributed by atoms with E-state index < -0.39 is 5.91 Å². The molecule has 4 N–H and O–H groups in total. The van der Waals surface area contributed by atoms with Gasteiger partial charge in [0.15, 0.2) is 0 Å². The number of hydroxylamine groups is 1. The third-order valence-corrected chi connectivity index (χ3v) is 5.65. The van der Waals surface area contributed by atoms with Crippen LogP contribution in [0, 0.1) is 5.82 Å². The Morgan fingerprint density at radius 2 is 2.17 bits per heavy atom. The van der Waals surface area contributed by atoms with Gasteiger partial charge in [0.1, 0.15) is 5.82 Å². The highest BCUT2D eigenvalue weighted by molar-refractivity contribution is 5.94. The molecule has 29 heavy (non-hydrogen) atoms. The lowest BCUT2D eigenvalue weighted by molar-refractivity contribution is -0.124. The number of nitrogens with one attached hydrogen (secondary N) is 3. The number of carbonyl (C=O) groups is 1. The summed E-state index contributed by atoms with van der Waals surface area (Å²) in [5.74, 6) is -0.754. The van der Waals surface area contributed by atoms with Gasteiger partial charge < -0.3 is 10.3 Å². The first kappa shape index (κ1) is 19.4. The number of rotatable bonds is 6. The van der Waals surface area contributed by atoms with E-state index in [1.165, 1.54) is 34.9 Å². The van der Waals surface area contributed by atoms with Crippen LogP contribution in [0.1, 0.15) is 41.6 Å². The Morgan fingerprint density at radius 3 is 3.00 bits per heavy atom. The summed E-state index contributed by atoms with van der Waals surface area (Å²) in [7, 11) is 0. The van der Waals surface area contributed by atoms with Gasteiger partial charge in [-0.15, -0.1) is 0 Å². The van der Waals surface area contributed by atoms with E-state index >= 15 is 0 Å². The van der Waals surface area contributed by atoms with E-state index in [0.29, 0.717) is 6.04 Å². The molecule has 3 aromatic rings. The molecule has 0 spiro atoms. The topological polar surface area (TPSA) is 77.2 Å². The summed E-state index contributed by atoms with van der Waals surface area (Å²) in [5, 5.41) is 13.4. The maximum atomic E-state index is 13.3. The molecule has 0 saturated heterocycles. The van der Waals surface area contributed by atoms with Crippen molar-refractivity contribution in [1.29, 1.82) is 0 Å². The van der Waals surface area contributed by atoms with Crippen LogP contribution in [0.2, 0.25) is 0 Å². The number of aromatic amines is 1. The van der Waals surface area contributed by atoms with Gasteiger partial charge in [-0.3, -0.25) is 10.0 Å². The summed E-state index contributed by atoms with van der Waals surface area (Å²) in [4.78, 5) is 14.5. The lowest BCUT2D eigenvalue weighted by atomic mass is 10.00. The molecule has 4 rings (SSSR count). The summed E-state index contributed by atoms with van der Waals surface area (Å²) in [6.45, 7) is 2.69. The molecule has 5 nitrogen and oxygen atoms in total. The number of fused-ring (bicyclic) bond motifs is 2. The lowest BCUT2D eigenvalue weighted by Gasteiger charge is -2.14. The van der Waals surface area contributed by atoms with Crippen LogP contribution in [-0.2, 0) is 17.6 Å². The summed E-state index contributed by atoms with van der Waals surface area (Å²) in [6, 6.07) is 11.4. The minimum absolute atomic E-state index is 0.229. The van der Waals surface area contributed by atoms with E-state index in [2.05, 4.69) is 22.4 Å². The molecule has 1 atom stereocenters. The van der Waals surface area contributed by atoms with Crippen molar-refractivity contribution >= 4 is 22.4 Å². The van der Waals surface area contributed by atoms with E-state index in [9.17, 15) is 9.18 Å². The molecule has 1 aliphatic carbocycles. The van der Waals surface area contributed by atoms with Crippen molar-refractivity contribution in [3.05, 3.63) is 76.7 Å². The van der Waals surface area contributed by atoms with Gasteiger partial charge in [0.05, 0.1) is 0 Å². The highest BCUT2D eigenvalue weighted by atomic mass is 19.1. The molecule has 1 aromatic heterocycles. The number of allylic oxidation sites excluding steroid dienone is 1. The third kappa shape index (κ3) is 4.09. The van der Waals surface area contributed by atoms with Crippen LogP contribution < -0.4 is 10.8 Å². The summed E-state index contributed by atoms with van der Waals surface area (Å²) >= 11 is 0. The number of hydrogen-bond acceptors (Lipinski definition) is 3. The van der Waals surface area contributed by atoms with Crippen LogP contribution in [0.5, 0.6) is 0 Å². The third-order valence-electron chi connectivity index (χ3n) is 5.65. The van der Waals surface area contributed by atoms with Crippen molar-refractivity contribution in [2.75, 3.05) is 6.54 Å². The Kier molecular flexibility index (Phi) is 5.47. The van der Waals surface area contributed by atoms with Gasteiger partial charge in [-0.25, -0.2) is 9.87 Å². The van der Waals surface area contributed by atoms with E-state index in [4.69, 9.17) is 5.21 Å². The monoisotopic (exact) mass is 393 g/mol. The first-order valence-corrected chi connectivity index (χ1v) is 9.79. The molecule has 1 aliphatic rings. The van der Waals surface area contributed by atoms with Crippen molar-refractivity contribution in [1.82, 2.24) is 15.8 Å². The Morgan fingerprint density at radius 1 is 1.31 bits per heavy atom. The largest absolute Gasteiger partial charge is 0.361 e. The highest BCUT2D eigenvalue weighted by Gasteiger charge is 2.22. The molecular weight excluding hydrogens is 369 g/mol. The van der Waals surface area contributed by atoms with Gasteiger partial charge in [0.2, 0.25) is 0 Å². The van der Waals surface area contributed by atoms with Crippen LogP contribution in [0.3, 0.4) is 0 Å². The number of hydrogen-bond donors (Lipinski definition) is 4. The molecule has 0 aliphatic heterocycles. The molecule has 1 amide bonds. The molecule has 1 unspecified atom stereocenters. The maximum absolute atomic E-state index is 13.3. The van der Waals surface area contributed by atoms with Gasteiger partial charge in [0.25, 0.3) is 5.91 Å².